The number of benzene rings is 1. The van der Waals surface area contributed by atoms with E-state index in [9.17, 15) is 22.8 Å². The van der Waals surface area contributed by atoms with E-state index < -0.39 is 23.6 Å². The molecule has 0 spiro atoms. The summed E-state index contributed by atoms with van der Waals surface area (Å²) >= 11 is 7.00. The first kappa shape index (κ1) is 19.2. The van der Waals surface area contributed by atoms with Crippen LogP contribution in [0.3, 0.4) is 0 Å². The minimum atomic E-state index is -4.60. The monoisotopic (exact) mass is 413 g/mol. The maximum Gasteiger partial charge on any atom is 0.417 e. The van der Waals surface area contributed by atoms with Crippen molar-refractivity contribution < 1.29 is 22.8 Å². The summed E-state index contributed by atoms with van der Waals surface area (Å²) < 4.78 is 38.2. The summed E-state index contributed by atoms with van der Waals surface area (Å²) in [6.45, 7) is 0. The summed E-state index contributed by atoms with van der Waals surface area (Å²) in [5, 5.41) is 1.46. The average Bonchev–Trinajstić information content (AvgIpc) is 2.88. The molecule has 3 rings (SSSR count). The van der Waals surface area contributed by atoms with E-state index in [1.165, 1.54) is 7.05 Å². The van der Waals surface area contributed by atoms with Gasteiger partial charge in [-0.3, -0.25) is 14.6 Å². The van der Waals surface area contributed by atoms with Gasteiger partial charge in [0.1, 0.15) is 0 Å². The Morgan fingerprint density at radius 1 is 1.19 bits per heavy atom. The number of hydrogen-bond acceptors (Lipinski definition) is 5. The summed E-state index contributed by atoms with van der Waals surface area (Å²) in [6, 6.07) is 9.66. The largest absolute Gasteiger partial charge is 0.417 e. The zero-order chi connectivity index (χ0) is 19.8. The van der Waals surface area contributed by atoms with Crippen LogP contribution in [0.5, 0.6) is 0 Å². The van der Waals surface area contributed by atoms with Crippen molar-refractivity contribution in [2.45, 2.75) is 11.1 Å². The van der Waals surface area contributed by atoms with Gasteiger partial charge in [-0.05, 0) is 18.2 Å². The smallest absolute Gasteiger partial charge is 0.267 e. The molecule has 0 N–H and O–H groups in total. The predicted molar refractivity (Wildman–Crippen MR) is 94.9 cm³/mol. The number of hydrazine groups is 1. The normalized spacial score (nSPS) is 14.6. The number of nitrogens with zero attached hydrogens (tertiary/aromatic N) is 3. The Morgan fingerprint density at radius 3 is 2.44 bits per heavy atom. The number of rotatable bonds is 4. The van der Waals surface area contributed by atoms with Gasteiger partial charge in [0.2, 0.25) is 0 Å². The minimum Gasteiger partial charge on any atom is -0.267 e. The second kappa shape index (κ2) is 7.24. The molecule has 10 heteroatoms. The topological polar surface area (TPSA) is 53.5 Å². The number of aromatic nitrogens is 1. The van der Waals surface area contributed by atoms with Crippen molar-refractivity contribution >= 4 is 41.0 Å². The zero-order valence-electron chi connectivity index (χ0n) is 13.7. The molecule has 1 aliphatic heterocycles. The van der Waals surface area contributed by atoms with Gasteiger partial charge < -0.3 is 0 Å². The van der Waals surface area contributed by atoms with E-state index in [4.69, 9.17) is 11.6 Å². The fourth-order valence-electron chi connectivity index (χ4n) is 2.33. The number of anilines is 1. The Balaban J connectivity index is 1.83. The number of imide groups is 1. The molecule has 0 bridgehead atoms. The molecule has 0 atom stereocenters. The highest BCUT2D eigenvalue weighted by atomic mass is 35.5. The third-order valence-electron chi connectivity index (χ3n) is 3.59. The van der Waals surface area contributed by atoms with Gasteiger partial charge in [0.05, 0.1) is 15.5 Å². The van der Waals surface area contributed by atoms with Gasteiger partial charge >= 0.3 is 6.18 Å². The lowest BCUT2D eigenvalue weighted by Gasteiger charge is -2.28. The third kappa shape index (κ3) is 3.93. The van der Waals surface area contributed by atoms with Crippen molar-refractivity contribution in [3.8, 4) is 0 Å². The molecule has 2 amide bonds. The second-order valence-electron chi connectivity index (χ2n) is 5.43. The number of hydrogen-bond donors (Lipinski definition) is 0. The lowest BCUT2D eigenvalue weighted by molar-refractivity contribution is -0.139. The Bertz CT molecular complexity index is 935. The Hall–Kier alpha value is -2.52. The predicted octanol–water partition coefficient (Wildman–Crippen LogP) is 4.15. The maximum absolute atomic E-state index is 12.7. The number of alkyl halides is 3. The quantitative estimate of drug-likeness (QED) is 0.705. The van der Waals surface area contributed by atoms with E-state index in [2.05, 4.69) is 4.98 Å². The molecular weight excluding hydrogens is 403 g/mol. The van der Waals surface area contributed by atoms with Crippen LogP contribution in [-0.4, -0.2) is 28.9 Å². The lowest BCUT2D eigenvalue weighted by Crippen LogP contribution is -2.45. The van der Waals surface area contributed by atoms with Gasteiger partial charge in [-0.25, -0.2) is 4.98 Å². The van der Waals surface area contributed by atoms with E-state index in [1.54, 1.807) is 24.3 Å². The van der Waals surface area contributed by atoms with Crippen molar-refractivity contribution in [2.24, 2.45) is 0 Å². The van der Waals surface area contributed by atoms with Crippen LogP contribution in [0.15, 0.2) is 58.5 Å². The standard InChI is InChI=1S/C17H11ClF3N3O2S/c1-23(15-12(18)7-10(9-22-15)17(19,20)21)24-14(25)8-13(16(24)26)27-11-5-3-2-4-6-11/h2-9H,1H3. The number of pyridine rings is 1. The summed E-state index contributed by atoms with van der Waals surface area (Å²) in [6.07, 6.45) is -2.85. The maximum atomic E-state index is 12.7. The van der Waals surface area contributed by atoms with Gasteiger partial charge in [-0.1, -0.05) is 41.6 Å². The van der Waals surface area contributed by atoms with Crippen LogP contribution in [0, 0.1) is 0 Å². The van der Waals surface area contributed by atoms with Gasteiger partial charge in [0, 0.05) is 24.2 Å². The molecule has 0 saturated heterocycles. The van der Waals surface area contributed by atoms with Crippen LogP contribution in [0.4, 0.5) is 19.0 Å². The number of carbonyl (C=O) groups is 2. The Labute approximate surface area is 161 Å². The molecule has 5 nitrogen and oxygen atoms in total. The molecular formula is C17H11ClF3N3O2S. The van der Waals surface area contributed by atoms with E-state index in [-0.39, 0.29) is 15.7 Å². The lowest BCUT2D eigenvalue weighted by atomic mass is 10.3. The van der Waals surface area contributed by atoms with Crippen molar-refractivity contribution in [1.29, 1.82) is 0 Å². The molecule has 1 aromatic heterocycles. The van der Waals surface area contributed by atoms with Crippen molar-refractivity contribution in [3.05, 3.63) is 64.2 Å². The minimum absolute atomic E-state index is 0.147. The van der Waals surface area contributed by atoms with Crippen LogP contribution >= 0.6 is 23.4 Å². The highest BCUT2D eigenvalue weighted by Crippen LogP contribution is 2.36. The van der Waals surface area contributed by atoms with Crippen molar-refractivity contribution in [1.82, 2.24) is 9.99 Å². The SMILES string of the molecule is CN(c1ncc(C(F)(F)F)cc1Cl)N1C(=O)C=C(Sc2ccccc2)C1=O. The van der Waals surface area contributed by atoms with Gasteiger partial charge in [0.15, 0.2) is 5.82 Å². The fraction of sp³-hybridized carbons (Fsp3) is 0.118. The van der Waals surface area contributed by atoms with Crippen LogP contribution in [0.25, 0.3) is 0 Å². The number of carbonyl (C=O) groups excluding carboxylic acids is 2. The molecule has 0 radical (unpaired) electrons. The molecule has 0 unspecified atom stereocenters. The first-order valence-corrected chi connectivity index (χ1v) is 8.67. The van der Waals surface area contributed by atoms with Crippen LogP contribution in [-0.2, 0) is 15.8 Å². The molecule has 27 heavy (non-hydrogen) atoms. The van der Waals surface area contributed by atoms with Gasteiger partial charge in [-0.2, -0.15) is 18.2 Å². The summed E-state index contributed by atoms with van der Waals surface area (Å²) in [7, 11) is 1.32. The summed E-state index contributed by atoms with van der Waals surface area (Å²) in [4.78, 5) is 29.5. The number of halogens is 4. The molecule has 2 heterocycles. The molecule has 140 valence electrons. The number of thioether (sulfide) groups is 1. The Kier molecular flexibility index (Phi) is 5.16. The second-order valence-corrected chi connectivity index (χ2v) is 6.95. The molecule has 0 aliphatic carbocycles. The first-order valence-electron chi connectivity index (χ1n) is 7.48. The van der Waals surface area contributed by atoms with Crippen LogP contribution in [0.1, 0.15) is 5.56 Å². The molecule has 0 fully saturated rings. The highest BCUT2D eigenvalue weighted by molar-refractivity contribution is 8.04. The first-order chi connectivity index (χ1) is 12.7. The van der Waals surface area contributed by atoms with Crippen LogP contribution in [0.2, 0.25) is 5.02 Å². The van der Waals surface area contributed by atoms with E-state index in [1.807, 2.05) is 6.07 Å². The summed E-state index contributed by atoms with van der Waals surface area (Å²) in [5.74, 6) is -1.40. The molecule has 2 aromatic rings. The molecule has 1 aromatic carbocycles. The van der Waals surface area contributed by atoms with E-state index >= 15 is 0 Å². The van der Waals surface area contributed by atoms with Crippen molar-refractivity contribution in [2.75, 3.05) is 12.1 Å². The summed E-state index contributed by atoms with van der Waals surface area (Å²) in [5.41, 5.74) is -1.03. The van der Waals surface area contributed by atoms with Crippen LogP contribution < -0.4 is 5.01 Å². The third-order valence-corrected chi connectivity index (χ3v) is 4.89. The highest BCUT2D eigenvalue weighted by Gasteiger charge is 2.37. The van der Waals surface area contributed by atoms with E-state index in [0.717, 1.165) is 32.8 Å². The van der Waals surface area contributed by atoms with E-state index in [0.29, 0.717) is 12.3 Å². The Morgan fingerprint density at radius 2 is 1.85 bits per heavy atom. The number of amides is 2. The zero-order valence-corrected chi connectivity index (χ0v) is 15.3. The van der Waals surface area contributed by atoms with Gasteiger partial charge in [-0.15, -0.1) is 0 Å². The fourth-order valence-corrected chi connectivity index (χ4v) is 3.50. The average molecular weight is 414 g/mol. The van der Waals surface area contributed by atoms with Crippen molar-refractivity contribution in [3.63, 3.8) is 0 Å². The molecule has 0 saturated carbocycles. The van der Waals surface area contributed by atoms with Gasteiger partial charge in [0.25, 0.3) is 11.8 Å². The molecule has 1 aliphatic rings.